The number of rotatable bonds is 3. The SMILES string of the molecule is CC(C)c1ccn(-c2c(Cl)cc(N)cc2C(=O)O)n1. The number of hydrogen-bond donors (Lipinski definition) is 2. The second-order valence-corrected chi connectivity index (χ2v) is 4.95. The average Bonchev–Trinajstić information content (AvgIpc) is 2.76. The van der Waals surface area contributed by atoms with Crippen LogP contribution in [-0.2, 0) is 0 Å². The molecule has 6 heteroatoms. The Kier molecular flexibility index (Phi) is 3.48. The zero-order chi connectivity index (χ0) is 14.2. The summed E-state index contributed by atoms with van der Waals surface area (Å²) in [6.45, 7) is 4.02. The molecule has 5 nitrogen and oxygen atoms in total. The van der Waals surface area contributed by atoms with Crippen molar-refractivity contribution in [2.75, 3.05) is 5.73 Å². The Morgan fingerprint density at radius 1 is 1.47 bits per heavy atom. The maximum Gasteiger partial charge on any atom is 0.338 e. The van der Waals surface area contributed by atoms with Crippen molar-refractivity contribution in [3.05, 3.63) is 40.7 Å². The summed E-state index contributed by atoms with van der Waals surface area (Å²) in [6.07, 6.45) is 1.69. The maximum atomic E-state index is 11.3. The van der Waals surface area contributed by atoms with Crippen LogP contribution in [0.15, 0.2) is 24.4 Å². The fourth-order valence-corrected chi connectivity index (χ4v) is 2.10. The van der Waals surface area contributed by atoms with Crippen LogP contribution >= 0.6 is 11.6 Å². The second kappa shape index (κ2) is 4.93. The Morgan fingerprint density at radius 3 is 2.68 bits per heavy atom. The van der Waals surface area contributed by atoms with Crippen molar-refractivity contribution >= 4 is 23.3 Å². The Morgan fingerprint density at radius 2 is 2.16 bits per heavy atom. The Bertz CT molecular complexity index is 635. The average molecular weight is 280 g/mol. The number of aromatic nitrogens is 2. The molecule has 0 atom stereocenters. The van der Waals surface area contributed by atoms with Crippen molar-refractivity contribution in [1.29, 1.82) is 0 Å². The van der Waals surface area contributed by atoms with Crippen molar-refractivity contribution in [2.45, 2.75) is 19.8 Å². The van der Waals surface area contributed by atoms with E-state index in [0.717, 1.165) is 5.69 Å². The summed E-state index contributed by atoms with van der Waals surface area (Å²) in [5.41, 5.74) is 7.15. The van der Waals surface area contributed by atoms with E-state index in [1.807, 2.05) is 19.9 Å². The molecule has 0 unspecified atom stereocenters. The van der Waals surface area contributed by atoms with Crippen LogP contribution in [0.1, 0.15) is 35.8 Å². The number of carbonyl (C=O) groups is 1. The van der Waals surface area contributed by atoms with E-state index in [1.54, 1.807) is 6.20 Å². The lowest BCUT2D eigenvalue weighted by Crippen LogP contribution is -2.08. The van der Waals surface area contributed by atoms with Gasteiger partial charge in [-0.25, -0.2) is 9.48 Å². The number of aromatic carboxylic acids is 1. The van der Waals surface area contributed by atoms with Crippen LogP contribution in [0.2, 0.25) is 5.02 Å². The van der Waals surface area contributed by atoms with Gasteiger partial charge in [0.15, 0.2) is 0 Å². The van der Waals surface area contributed by atoms with E-state index in [2.05, 4.69) is 5.10 Å². The minimum Gasteiger partial charge on any atom is -0.478 e. The molecular weight excluding hydrogens is 266 g/mol. The first kappa shape index (κ1) is 13.4. The molecule has 19 heavy (non-hydrogen) atoms. The number of nitrogens with zero attached hydrogens (tertiary/aromatic N) is 2. The van der Waals surface area contributed by atoms with E-state index in [1.165, 1.54) is 16.8 Å². The predicted octanol–water partition coefficient (Wildman–Crippen LogP) is 2.93. The van der Waals surface area contributed by atoms with Gasteiger partial charge in [0.25, 0.3) is 0 Å². The zero-order valence-electron chi connectivity index (χ0n) is 10.6. The van der Waals surface area contributed by atoms with Crippen molar-refractivity contribution < 1.29 is 9.90 Å². The maximum absolute atomic E-state index is 11.3. The number of carboxylic acid groups (broad SMARTS) is 1. The number of anilines is 1. The molecule has 0 bridgehead atoms. The molecule has 2 aromatic rings. The van der Waals surface area contributed by atoms with Gasteiger partial charge in [0.1, 0.15) is 0 Å². The smallest absolute Gasteiger partial charge is 0.338 e. The lowest BCUT2D eigenvalue weighted by atomic mass is 10.1. The van der Waals surface area contributed by atoms with Crippen molar-refractivity contribution in [2.24, 2.45) is 0 Å². The van der Waals surface area contributed by atoms with Crippen LogP contribution in [0.5, 0.6) is 0 Å². The highest BCUT2D eigenvalue weighted by atomic mass is 35.5. The molecule has 2 rings (SSSR count). The first-order chi connectivity index (χ1) is 8.90. The number of benzene rings is 1. The van der Waals surface area contributed by atoms with Gasteiger partial charge in [-0.2, -0.15) is 5.10 Å². The quantitative estimate of drug-likeness (QED) is 0.847. The van der Waals surface area contributed by atoms with Gasteiger partial charge in [-0.05, 0) is 24.1 Å². The minimum absolute atomic E-state index is 0.0309. The first-order valence-corrected chi connectivity index (χ1v) is 6.16. The summed E-state index contributed by atoms with van der Waals surface area (Å²) in [7, 11) is 0. The molecule has 3 N–H and O–H groups in total. The molecule has 0 aliphatic rings. The van der Waals surface area contributed by atoms with E-state index in [9.17, 15) is 9.90 Å². The van der Waals surface area contributed by atoms with E-state index in [4.69, 9.17) is 17.3 Å². The second-order valence-electron chi connectivity index (χ2n) is 4.54. The Hall–Kier alpha value is -2.01. The van der Waals surface area contributed by atoms with Gasteiger partial charge in [-0.15, -0.1) is 0 Å². The summed E-state index contributed by atoms with van der Waals surface area (Å²) in [5, 5.41) is 13.8. The zero-order valence-corrected chi connectivity index (χ0v) is 11.3. The van der Waals surface area contributed by atoms with Gasteiger partial charge < -0.3 is 10.8 Å². The van der Waals surface area contributed by atoms with Crippen LogP contribution < -0.4 is 5.73 Å². The molecular formula is C13H14ClN3O2. The predicted molar refractivity (Wildman–Crippen MR) is 74.0 cm³/mol. The van der Waals surface area contributed by atoms with Crippen LogP contribution in [0.25, 0.3) is 5.69 Å². The topological polar surface area (TPSA) is 81.1 Å². The van der Waals surface area contributed by atoms with Crippen LogP contribution in [0, 0.1) is 0 Å². The molecule has 0 radical (unpaired) electrons. The molecule has 0 aliphatic heterocycles. The summed E-state index contributed by atoms with van der Waals surface area (Å²) >= 11 is 6.10. The fourth-order valence-electron chi connectivity index (χ4n) is 1.79. The number of nitrogen functional groups attached to an aromatic ring is 1. The van der Waals surface area contributed by atoms with Crippen molar-refractivity contribution in [3.8, 4) is 5.69 Å². The molecule has 1 aromatic carbocycles. The standard InChI is InChI=1S/C13H14ClN3O2/c1-7(2)11-3-4-17(16-11)12-9(13(18)19)5-8(15)6-10(12)14/h3-7H,15H2,1-2H3,(H,18,19). The normalized spacial score (nSPS) is 10.9. The van der Waals surface area contributed by atoms with E-state index in [-0.39, 0.29) is 16.5 Å². The van der Waals surface area contributed by atoms with E-state index >= 15 is 0 Å². The lowest BCUT2D eigenvalue weighted by Gasteiger charge is -2.10. The molecule has 0 fully saturated rings. The third-order valence-corrected chi connectivity index (χ3v) is 3.03. The monoisotopic (exact) mass is 279 g/mol. The summed E-state index contributed by atoms with van der Waals surface area (Å²) < 4.78 is 1.47. The molecule has 1 heterocycles. The number of halogens is 1. The molecule has 0 amide bonds. The molecule has 0 saturated heterocycles. The fraction of sp³-hybridized carbons (Fsp3) is 0.231. The van der Waals surface area contributed by atoms with Crippen LogP contribution in [0.3, 0.4) is 0 Å². The number of hydrogen-bond acceptors (Lipinski definition) is 3. The van der Waals surface area contributed by atoms with E-state index < -0.39 is 5.97 Å². The highest BCUT2D eigenvalue weighted by Crippen LogP contribution is 2.28. The molecule has 0 spiro atoms. The largest absolute Gasteiger partial charge is 0.478 e. The molecule has 1 aromatic heterocycles. The summed E-state index contributed by atoms with van der Waals surface area (Å²) in [4.78, 5) is 11.3. The lowest BCUT2D eigenvalue weighted by molar-refractivity contribution is 0.0697. The van der Waals surface area contributed by atoms with E-state index in [0.29, 0.717) is 11.4 Å². The summed E-state index contributed by atoms with van der Waals surface area (Å²) in [6, 6.07) is 4.73. The third-order valence-electron chi connectivity index (χ3n) is 2.75. The Labute approximate surface area is 115 Å². The van der Waals surface area contributed by atoms with Gasteiger partial charge >= 0.3 is 5.97 Å². The van der Waals surface area contributed by atoms with Gasteiger partial charge in [0.2, 0.25) is 0 Å². The highest BCUT2D eigenvalue weighted by molar-refractivity contribution is 6.33. The number of carboxylic acids is 1. The van der Waals surface area contributed by atoms with Crippen molar-refractivity contribution in [3.63, 3.8) is 0 Å². The molecule has 0 saturated carbocycles. The molecule has 100 valence electrons. The van der Waals surface area contributed by atoms with Gasteiger partial charge in [-0.1, -0.05) is 25.4 Å². The molecule has 0 aliphatic carbocycles. The van der Waals surface area contributed by atoms with Gasteiger partial charge in [-0.3, -0.25) is 0 Å². The van der Waals surface area contributed by atoms with Crippen LogP contribution in [0.4, 0.5) is 5.69 Å². The Balaban J connectivity index is 2.63. The van der Waals surface area contributed by atoms with Crippen LogP contribution in [-0.4, -0.2) is 20.9 Å². The van der Waals surface area contributed by atoms with Gasteiger partial charge in [0.05, 0.1) is 22.0 Å². The first-order valence-electron chi connectivity index (χ1n) is 5.78. The third kappa shape index (κ3) is 2.56. The minimum atomic E-state index is -1.09. The summed E-state index contributed by atoms with van der Waals surface area (Å²) in [5.74, 6) is -0.840. The van der Waals surface area contributed by atoms with Gasteiger partial charge in [0, 0.05) is 11.9 Å². The number of nitrogens with two attached hydrogens (primary N) is 1. The highest BCUT2D eigenvalue weighted by Gasteiger charge is 2.18. The van der Waals surface area contributed by atoms with Crippen molar-refractivity contribution in [1.82, 2.24) is 9.78 Å².